The average Bonchev–Trinajstić information content (AvgIpc) is 2.59. The first-order chi connectivity index (χ1) is 11.9. The molecular weight excluding hydrogens is 322 g/mol. The Labute approximate surface area is 142 Å². The fourth-order valence-electron chi connectivity index (χ4n) is 2.66. The summed E-state index contributed by atoms with van der Waals surface area (Å²) in [5.41, 5.74) is 2.07. The molecule has 1 heterocycles. The van der Waals surface area contributed by atoms with Crippen molar-refractivity contribution in [3.63, 3.8) is 0 Å². The molecule has 0 fully saturated rings. The lowest BCUT2D eigenvalue weighted by atomic mass is 10.1. The van der Waals surface area contributed by atoms with Crippen molar-refractivity contribution in [1.82, 2.24) is 4.98 Å². The van der Waals surface area contributed by atoms with Crippen molar-refractivity contribution in [2.24, 2.45) is 0 Å². The summed E-state index contributed by atoms with van der Waals surface area (Å²) in [5.74, 6) is -0.585. The summed E-state index contributed by atoms with van der Waals surface area (Å²) < 4.78 is 0. The number of aryl methyl sites for hydroxylation is 1. The van der Waals surface area contributed by atoms with E-state index in [-0.39, 0.29) is 16.8 Å². The van der Waals surface area contributed by atoms with Crippen molar-refractivity contribution in [1.29, 1.82) is 0 Å². The van der Waals surface area contributed by atoms with Crippen LogP contribution in [0.1, 0.15) is 21.5 Å². The molecule has 0 radical (unpaired) electrons. The van der Waals surface area contributed by atoms with E-state index < -0.39 is 10.8 Å². The van der Waals surface area contributed by atoms with Gasteiger partial charge in [0.1, 0.15) is 5.56 Å². The van der Waals surface area contributed by atoms with Gasteiger partial charge < -0.3 is 10.3 Å². The Hall–Kier alpha value is -3.48. The number of fused-ring (bicyclic) bond motifs is 1. The highest BCUT2D eigenvalue weighted by Crippen LogP contribution is 2.23. The third-order valence-corrected chi connectivity index (χ3v) is 4.18. The summed E-state index contributed by atoms with van der Waals surface area (Å²) in [7, 11) is 0. The van der Waals surface area contributed by atoms with Crippen LogP contribution < -0.4 is 10.9 Å². The topological polar surface area (TPSA) is 105 Å². The number of anilines is 1. The zero-order valence-corrected chi connectivity index (χ0v) is 13.6. The van der Waals surface area contributed by atoms with Crippen molar-refractivity contribution in [2.45, 2.75) is 13.8 Å². The molecule has 0 aliphatic carbocycles. The fraction of sp³-hybridized carbons (Fsp3) is 0.111. The molecule has 1 amide bonds. The number of nitro benzene ring substituents is 1. The van der Waals surface area contributed by atoms with E-state index in [1.165, 1.54) is 18.2 Å². The first-order valence-electron chi connectivity index (χ1n) is 7.56. The van der Waals surface area contributed by atoms with E-state index in [1.807, 2.05) is 6.92 Å². The third kappa shape index (κ3) is 2.99. The van der Waals surface area contributed by atoms with Crippen LogP contribution >= 0.6 is 0 Å². The van der Waals surface area contributed by atoms with E-state index in [2.05, 4.69) is 10.3 Å². The van der Waals surface area contributed by atoms with Crippen LogP contribution in [0, 0.1) is 24.0 Å². The van der Waals surface area contributed by atoms with Crippen LogP contribution in [0.2, 0.25) is 0 Å². The standard InChI is InChI=1S/C18H15N3O4/c1-10-11(2)17(22)20-15-9-12(7-8-13(10)15)19-18(23)14-5-3-4-6-16(14)21(24)25/h3-9H,1-2H3,(H,19,23)(H,20,22). The Bertz CT molecular complexity index is 1070. The van der Waals surface area contributed by atoms with Crippen molar-refractivity contribution < 1.29 is 9.72 Å². The maximum Gasteiger partial charge on any atom is 0.282 e. The number of benzene rings is 2. The number of hydrogen-bond donors (Lipinski definition) is 2. The minimum Gasteiger partial charge on any atom is -0.322 e. The molecule has 3 rings (SSSR count). The van der Waals surface area contributed by atoms with Gasteiger partial charge in [0.25, 0.3) is 17.2 Å². The van der Waals surface area contributed by atoms with Crippen LogP contribution in [-0.2, 0) is 0 Å². The predicted octanol–water partition coefficient (Wildman–Crippen LogP) is 3.31. The first-order valence-corrected chi connectivity index (χ1v) is 7.56. The number of rotatable bonds is 3. The fourth-order valence-corrected chi connectivity index (χ4v) is 2.66. The Morgan fingerprint density at radius 1 is 1.12 bits per heavy atom. The van der Waals surface area contributed by atoms with Crippen LogP contribution in [0.15, 0.2) is 47.3 Å². The van der Waals surface area contributed by atoms with E-state index in [9.17, 15) is 19.7 Å². The number of carbonyl (C=O) groups excluding carboxylic acids is 1. The first kappa shape index (κ1) is 16.4. The molecule has 0 aliphatic rings. The molecule has 2 aromatic carbocycles. The maximum absolute atomic E-state index is 12.4. The van der Waals surface area contributed by atoms with E-state index in [0.717, 1.165) is 10.9 Å². The lowest BCUT2D eigenvalue weighted by Gasteiger charge is -2.09. The number of aromatic amines is 1. The maximum atomic E-state index is 12.4. The van der Waals surface area contributed by atoms with E-state index in [4.69, 9.17) is 0 Å². The van der Waals surface area contributed by atoms with Crippen LogP contribution in [0.5, 0.6) is 0 Å². The summed E-state index contributed by atoms with van der Waals surface area (Å²) in [6.07, 6.45) is 0. The van der Waals surface area contributed by atoms with Gasteiger partial charge in [0.05, 0.1) is 10.4 Å². The molecule has 0 saturated carbocycles. The normalized spacial score (nSPS) is 10.6. The van der Waals surface area contributed by atoms with Gasteiger partial charge in [-0.15, -0.1) is 0 Å². The molecule has 0 saturated heterocycles. The van der Waals surface area contributed by atoms with Gasteiger partial charge in [0, 0.05) is 22.7 Å². The highest BCUT2D eigenvalue weighted by atomic mass is 16.6. The van der Waals surface area contributed by atoms with Gasteiger partial charge in [-0.2, -0.15) is 0 Å². The highest BCUT2D eigenvalue weighted by Gasteiger charge is 2.19. The molecular formula is C18H15N3O4. The Kier molecular flexibility index (Phi) is 4.06. The zero-order chi connectivity index (χ0) is 18.1. The van der Waals surface area contributed by atoms with Crippen LogP contribution in [0.4, 0.5) is 11.4 Å². The number of aromatic nitrogens is 1. The largest absolute Gasteiger partial charge is 0.322 e. The molecule has 25 heavy (non-hydrogen) atoms. The number of carbonyl (C=O) groups is 1. The zero-order valence-electron chi connectivity index (χ0n) is 13.6. The molecule has 0 aliphatic heterocycles. The molecule has 7 heteroatoms. The second kappa shape index (κ2) is 6.20. The number of amides is 1. The van der Waals surface area contributed by atoms with Gasteiger partial charge in [0.15, 0.2) is 0 Å². The molecule has 7 nitrogen and oxygen atoms in total. The Morgan fingerprint density at radius 3 is 2.56 bits per heavy atom. The van der Waals surface area contributed by atoms with Gasteiger partial charge in [-0.05, 0) is 37.6 Å². The van der Waals surface area contributed by atoms with Gasteiger partial charge in [0.2, 0.25) is 0 Å². The number of nitrogens with one attached hydrogen (secondary N) is 2. The number of H-pyrrole nitrogens is 1. The second-order valence-corrected chi connectivity index (χ2v) is 5.69. The molecule has 0 bridgehead atoms. The van der Waals surface area contributed by atoms with Crippen molar-refractivity contribution >= 4 is 28.2 Å². The average molecular weight is 337 g/mol. The minimum absolute atomic E-state index is 0.0267. The van der Waals surface area contributed by atoms with Crippen LogP contribution in [0.3, 0.4) is 0 Å². The quantitative estimate of drug-likeness (QED) is 0.565. The van der Waals surface area contributed by atoms with Gasteiger partial charge >= 0.3 is 0 Å². The number of nitro groups is 1. The predicted molar refractivity (Wildman–Crippen MR) is 95.1 cm³/mol. The molecule has 0 unspecified atom stereocenters. The van der Waals surface area contributed by atoms with Crippen LogP contribution in [0.25, 0.3) is 10.9 Å². The summed E-state index contributed by atoms with van der Waals surface area (Å²) in [6.45, 7) is 3.61. The van der Waals surface area contributed by atoms with E-state index in [1.54, 1.807) is 31.2 Å². The summed E-state index contributed by atoms with van der Waals surface area (Å²) in [5, 5.41) is 14.6. The van der Waals surface area contributed by atoms with Crippen molar-refractivity contribution in [3.8, 4) is 0 Å². The van der Waals surface area contributed by atoms with Crippen molar-refractivity contribution in [2.75, 3.05) is 5.32 Å². The second-order valence-electron chi connectivity index (χ2n) is 5.69. The number of para-hydroxylation sites is 1. The number of hydrogen-bond acceptors (Lipinski definition) is 4. The molecule has 0 spiro atoms. The smallest absolute Gasteiger partial charge is 0.282 e. The third-order valence-electron chi connectivity index (χ3n) is 4.18. The molecule has 0 atom stereocenters. The molecule has 126 valence electrons. The summed E-state index contributed by atoms with van der Waals surface area (Å²) in [4.78, 5) is 37.5. The SMILES string of the molecule is Cc1c(C)c2ccc(NC(=O)c3ccccc3[N+](=O)[O-])cc2[nH]c1=O. The number of pyridine rings is 1. The van der Waals surface area contributed by atoms with Crippen LogP contribution in [-0.4, -0.2) is 15.8 Å². The van der Waals surface area contributed by atoms with E-state index in [0.29, 0.717) is 16.8 Å². The summed E-state index contributed by atoms with van der Waals surface area (Å²) >= 11 is 0. The Morgan fingerprint density at radius 2 is 1.84 bits per heavy atom. The molecule has 2 N–H and O–H groups in total. The monoisotopic (exact) mass is 337 g/mol. The van der Waals surface area contributed by atoms with Gasteiger partial charge in [-0.1, -0.05) is 18.2 Å². The minimum atomic E-state index is -0.598. The van der Waals surface area contributed by atoms with Crippen molar-refractivity contribution in [3.05, 3.63) is 79.6 Å². The van der Waals surface area contributed by atoms with Gasteiger partial charge in [-0.3, -0.25) is 19.7 Å². The molecule has 3 aromatic rings. The highest BCUT2D eigenvalue weighted by molar-refractivity contribution is 6.07. The Balaban J connectivity index is 1.99. The summed E-state index contributed by atoms with van der Waals surface area (Å²) in [6, 6.07) is 10.9. The lowest BCUT2D eigenvalue weighted by Crippen LogP contribution is -2.15. The number of nitrogens with zero attached hydrogens (tertiary/aromatic N) is 1. The molecule has 1 aromatic heterocycles. The lowest BCUT2D eigenvalue weighted by molar-refractivity contribution is -0.385. The van der Waals surface area contributed by atoms with E-state index >= 15 is 0 Å². The van der Waals surface area contributed by atoms with Gasteiger partial charge in [-0.25, -0.2) is 0 Å².